The standard InChI is InChI=1S/C22H31NO3/c1-13(2)12-21(4)8-9-22-7-6-15(24)11-17(22)26-20-16(25-5)10-14(3)19(23-21)18(20)22/h6-7,10,15,17-18,20,23-24H,1,8-9,11-12H2,2-5H3/t15-,17-,18?,20?,21?,22+/m0/s1. The Labute approximate surface area is 156 Å². The second-order valence-electron chi connectivity index (χ2n) is 8.96. The summed E-state index contributed by atoms with van der Waals surface area (Å²) in [5, 5.41) is 14.1. The van der Waals surface area contributed by atoms with Crippen molar-refractivity contribution >= 4 is 0 Å². The van der Waals surface area contributed by atoms with Crippen LogP contribution in [-0.2, 0) is 9.47 Å². The highest BCUT2D eigenvalue weighted by molar-refractivity contribution is 5.42. The predicted octanol–water partition coefficient (Wildman–Crippen LogP) is 3.60. The fraction of sp³-hybridized carbons (Fsp3) is 0.636. The first kappa shape index (κ1) is 17.9. The van der Waals surface area contributed by atoms with Crippen LogP contribution in [0.2, 0.25) is 0 Å². The molecule has 26 heavy (non-hydrogen) atoms. The maximum Gasteiger partial charge on any atom is 0.125 e. The number of hydrogen-bond donors (Lipinski definition) is 2. The summed E-state index contributed by atoms with van der Waals surface area (Å²) in [5.41, 5.74) is 3.60. The zero-order valence-corrected chi connectivity index (χ0v) is 16.3. The van der Waals surface area contributed by atoms with Crippen LogP contribution < -0.4 is 5.32 Å². The van der Waals surface area contributed by atoms with Gasteiger partial charge in [0.05, 0.1) is 19.3 Å². The van der Waals surface area contributed by atoms with Crippen molar-refractivity contribution in [2.24, 2.45) is 11.3 Å². The second kappa shape index (κ2) is 6.00. The fourth-order valence-electron chi connectivity index (χ4n) is 5.64. The minimum absolute atomic E-state index is 0.0149. The average Bonchev–Trinajstić information content (AvgIpc) is 2.82. The van der Waals surface area contributed by atoms with Crippen molar-refractivity contribution in [2.45, 2.75) is 70.3 Å². The molecule has 4 nitrogen and oxygen atoms in total. The van der Waals surface area contributed by atoms with Gasteiger partial charge in [0.1, 0.15) is 11.9 Å². The van der Waals surface area contributed by atoms with Crippen molar-refractivity contribution in [1.82, 2.24) is 5.32 Å². The molecule has 0 aromatic heterocycles. The van der Waals surface area contributed by atoms with Gasteiger partial charge in [-0.1, -0.05) is 17.7 Å². The van der Waals surface area contributed by atoms with Crippen molar-refractivity contribution in [2.75, 3.05) is 7.11 Å². The van der Waals surface area contributed by atoms with Gasteiger partial charge < -0.3 is 19.9 Å². The number of allylic oxidation sites excluding steroid dienone is 2. The lowest BCUT2D eigenvalue weighted by Crippen LogP contribution is -2.45. The van der Waals surface area contributed by atoms with Crippen LogP contribution in [0.4, 0.5) is 0 Å². The van der Waals surface area contributed by atoms with E-state index in [1.807, 2.05) is 6.08 Å². The third-order valence-electron chi connectivity index (χ3n) is 6.73. The molecule has 0 radical (unpaired) electrons. The molecule has 2 fully saturated rings. The van der Waals surface area contributed by atoms with Crippen LogP contribution in [0.25, 0.3) is 0 Å². The van der Waals surface area contributed by atoms with Gasteiger partial charge in [0.25, 0.3) is 0 Å². The normalized spacial score (nSPS) is 43.8. The molecule has 0 saturated carbocycles. The van der Waals surface area contributed by atoms with Crippen LogP contribution >= 0.6 is 0 Å². The molecular formula is C22H31NO3. The quantitative estimate of drug-likeness (QED) is 0.758. The minimum atomic E-state index is -0.424. The molecule has 2 aliphatic heterocycles. The Kier molecular flexibility index (Phi) is 4.12. The van der Waals surface area contributed by atoms with E-state index in [1.54, 1.807) is 7.11 Å². The summed E-state index contributed by atoms with van der Waals surface area (Å²) in [4.78, 5) is 0. The summed E-state index contributed by atoms with van der Waals surface area (Å²) in [7, 11) is 1.72. The van der Waals surface area contributed by atoms with Gasteiger partial charge in [-0.25, -0.2) is 0 Å². The molecular weight excluding hydrogens is 326 g/mol. The molecule has 2 aliphatic carbocycles. The fourth-order valence-corrected chi connectivity index (χ4v) is 5.64. The number of nitrogens with one attached hydrogen (secondary N) is 1. The van der Waals surface area contributed by atoms with E-state index in [2.05, 4.69) is 44.8 Å². The lowest BCUT2D eigenvalue weighted by molar-refractivity contribution is -0.0160. The van der Waals surface area contributed by atoms with E-state index in [9.17, 15) is 5.11 Å². The lowest BCUT2D eigenvalue weighted by atomic mass is 9.63. The van der Waals surface area contributed by atoms with E-state index < -0.39 is 6.10 Å². The van der Waals surface area contributed by atoms with Crippen molar-refractivity contribution < 1.29 is 14.6 Å². The van der Waals surface area contributed by atoms with Gasteiger partial charge in [-0.05, 0) is 51.7 Å². The van der Waals surface area contributed by atoms with Crippen molar-refractivity contribution in [3.63, 3.8) is 0 Å². The third-order valence-corrected chi connectivity index (χ3v) is 6.73. The monoisotopic (exact) mass is 357 g/mol. The van der Waals surface area contributed by atoms with Gasteiger partial charge in [0.15, 0.2) is 0 Å². The molecule has 0 aromatic carbocycles. The van der Waals surface area contributed by atoms with Gasteiger partial charge in [0.2, 0.25) is 0 Å². The summed E-state index contributed by atoms with van der Waals surface area (Å²) >= 11 is 0. The third kappa shape index (κ3) is 2.57. The number of aliphatic hydroxyl groups is 1. The Morgan fingerprint density at radius 2 is 2.23 bits per heavy atom. The number of rotatable bonds is 3. The minimum Gasteiger partial charge on any atom is -0.498 e. The number of methoxy groups -OCH3 is 1. The van der Waals surface area contributed by atoms with E-state index in [4.69, 9.17) is 9.47 Å². The van der Waals surface area contributed by atoms with Gasteiger partial charge in [-0.2, -0.15) is 0 Å². The van der Waals surface area contributed by atoms with Gasteiger partial charge in [-0.15, -0.1) is 6.58 Å². The summed E-state index contributed by atoms with van der Waals surface area (Å²) < 4.78 is 12.2. The van der Waals surface area contributed by atoms with Crippen LogP contribution in [0, 0.1) is 11.3 Å². The maximum absolute atomic E-state index is 10.2. The molecule has 3 unspecified atom stereocenters. The second-order valence-corrected chi connectivity index (χ2v) is 8.96. The van der Waals surface area contributed by atoms with E-state index in [-0.39, 0.29) is 29.1 Å². The number of ether oxygens (including phenoxy) is 2. The van der Waals surface area contributed by atoms with Gasteiger partial charge >= 0.3 is 0 Å². The molecule has 2 N–H and O–H groups in total. The first-order chi connectivity index (χ1) is 12.3. The number of hydrogen-bond acceptors (Lipinski definition) is 4. The molecule has 4 aliphatic rings. The molecule has 142 valence electrons. The van der Waals surface area contributed by atoms with Crippen LogP contribution in [0.15, 0.2) is 47.4 Å². The van der Waals surface area contributed by atoms with Gasteiger partial charge in [0, 0.05) is 29.0 Å². The van der Waals surface area contributed by atoms with Crippen molar-refractivity contribution in [1.29, 1.82) is 0 Å². The highest BCUT2D eigenvalue weighted by Crippen LogP contribution is 2.59. The van der Waals surface area contributed by atoms with Crippen molar-refractivity contribution in [3.05, 3.63) is 47.4 Å². The summed E-state index contributed by atoms with van der Waals surface area (Å²) in [5.74, 6) is 1.11. The first-order valence-corrected chi connectivity index (χ1v) is 9.70. The molecule has 4 heteroatoms. The van der Waals surface area contributed by atoms with E-state index in [0.717, 1.165) is 25.0 Å². The highest BCUT2D eigenvalue weighted by atomic mass is 16.5. The van der Waals surface area contributed by atoms with Crippen molar-refractivity contribution in [3.8, 4) is 0 Å². The zero-order chi connectivity index (χ0) is 18.7. The summed E-state index contributed by atoms with van der Waals surface area (Å²) in [6.45, 7) is 10.7. The average molecular weight is 357 g/mol. The molecule has 2 saturated heterocycles. The van der Waals surface area contributed by atoms with E-state index in [0.29, 0.717) is 6.42 Å². The first-order valence-electron chi connectivity index (χ1n) is 9.70. The Balaban J connectivity index is 1.85. The molecule has 1 spiro atoms. The molecule has 0 aromatic rings. The maximum atomic E-state index is 10.2. The SMILES string of the molecule is C=C(C)CC1(C)CC[C@]23C=C[C@H](O)C[C@@H]2OC2C(OC)=CC(C)=C(N1)C23. The molecule has 2 heterocycles. The topological polar surface area (TPSA) is 50.7 Å². The van der Waals surface area contributed by atoms with Crippen LogP contribution in [-0.4, -0.2) is 36.1 Å². The molecule has 0 amide bonds. The molecule has 0 bridgehead atoms. The highest BCUT2D eigenvalue weighted by Gasteiger charge is 2.61. The molecule has 6 atom stereocenters. The Morgan fingerprint density at radius 3 is 2.92 bits per heavy atom. The van der Waals surface area contributed by atoms with E-state index in [1.165, 1.54) is 16.8 Å². The molecule has 4 rings (SSSR count). The van der Waals surface area contributed by atoms with Crippen LogP contribution in [0.5, 0.6) is 0 Å². The van der Waals surface area contributed by atoms with Gasteiger partial charge in [-0.3, -0.25) is 0 Å². The lowest BCUT2D eigenvalue weighted by Gasteiger charge is -2.40. The van der Waals surface area contributed by atoms with Crippen LogP contribution in [0.1, 0.15) is 46.5 Å². The predicted molar refractivity (Wildman–Crippen MR) is 102 cm³/mol. The Morgan fingerprint density at radius 1 is 1.46 bits per heavy atom. The van der Waals surface area contributed by atoms with Crippen LogP contribution in [0.3, 0.4) is 0 Å². The Bertz CT molecular complexity index is 721. The summed E-state index contributed by atoms with van der Waals surface area (Å²) in [6, 6.07) is 0. The van der Waals surface area contributed by atoms with E-state index >= 15 is 0 Å². The largest absolute Gasteiger partial charge is 0.498 e. The summed E-state index contributed by atoms with van der Waals surface area (Å²) in [6.07, 6.45) is 9.53. The zero-order valence-electron chi connectivity index (χ0n) is 16.3. The number of aliphatic hydroxyl groups excluding tert-OH is 1. The smallest absolute Gasteiger partial charge is 0.125 e. The Hall–Kier alpha value is -1.52.